The summed E-state index contributed by atoms with van der Waals surface area (Å²) in [6.07, 6.45) is 13.7. The summed E-state index contributed by atoms with van der Waals surface area (Å²) >= 11 is 3.33. The van der Waals surface area contributed by atoms with Gasteiger partial charge in [0.1, 0.15) is 56.0 Å². The molecule has 5 aliphatic rings. The number of amides is 2. The molecule has 9 aromatic rings. The first-order valence-electron chi connectivity index (χ1n) is 33.4. The van der Waals surface area contributed by atoms with E-state index in [1.54, 1.807) is 16.0 Å². The Labute approximate surface area is 634 Å². The van der Waals surface area contributed by atoms with Crippen LogP contribution in [0.4, 0.5) is 9.59 Å². The van der Waals surface area contributed by atoms with Crippen molar-refractivity contribution in [1.29, 1.82) is 0 Å². The maximum atomic E-state index is 12.8. The topological polar surface area (TPSA) is 258 Å². The van der Waals surface area contributed by atoms with Crippen LogP contribution in [0.25, 0.3) is 67.1 Å². The number of hydrogen-bond donors (Lipinski definition) is 3. The van der Waals surface area contributed by atoms with Gasteiger partial charge in [-0.1, -0.05) is 73.5 Å². The molecule has 2 atom stereocenters. The zero-order valence-corrected chi connectivity index (χ0v) is 65.5. The van der Waals surface area contributed by atoms with Crippen molar-refractivity contribution in [3.63, 3.8) is 0 Å². The largest absolute Gasteiger partial charge is 1.00 e. The Bertz CT molecular complexity index is 4200. The van der Waals surface area contributed by atoms with Gasteiger partial charge in [-0.15, -0.1) is 0 Å². The number of likely N-dealkylation sites (tertiary alicyclic amines) is 2. The zero-order valence-electron chi connectivity index (χ0n) is 60.9. The second-order valence-corrected chi connectivity index (χ2v) is 30.3. The Morgan fingerprint density at radius 1 is 0.545 bits per heavy atom. The van der Waals surface area contributed by atoms with Crippen LogP contribution in [-0.2, 0) is 37.8 Å². The van der Waals surface area contributed by atoms with E-state index in [0.29, 0.717) is 12.5 Å². The Balaban J connectivity index is 0.000000195. The molecule has 0 bridgehead atoms. The van der Waals surface area contributed by atoms with Gasteiger partial charge in [-0.05, 0) is 204 Å². The third kappa shape index (κ3) is 18.1. The second kappa shape index (κ2) is 31.3. The molecule has 5 aromatic heterocycles. The monoisotopic (exact) mass is 1430 g/mol. The molecule has 26 heteroatoms. The number of fused-ring (bicyclic) bond motifs is 2. The SMILES string of the molecule is CC(C)(C)OC(=O)N1CCCC1c1ncc(-c2ccc3oc(-c4ccc(-c5cnc(C6CCCC6)[nH]5)cc4)cc3c2)[nH]1.CC(C)(C)OC(=O)N1CCC[C@H]1c1ncc(Br)[nH]1.CC1(C)OB(c2ccc(-c3cc4cc(B5OC(C)(C)C(C)(C)O5)ccc4o3)cc2)OC1(C)C.O=CO[O-].[H-].[Na+].[Na+]. The Hall–Kier alpha value is -5.99. The van der Waals surface area contributed by atoms with Crippen molar-refractivity contribution in [2.24, 2.45) is 0 Å². The molecule has 1 unspecified atom stereocenters. The van der Waals surface area contributed by atoms with Crippen LogP contribution in [0.2, 0.25) is 0 Å². The van der Waals surface area contributed by atoms with E-state index in [4.69, 9.17) is 47.0 Å². The number of carbonyl (C=O) groups excluding carboxylic acids is 3. The van der Waals surface area contributed by atoms with Crippen LogP contribution in [0.3, 0.4) is 0 Å². The van der Waals surface area contributed by atoms with Crippen LogP contribution in [0.1, 0.15) is 185 Å². The number of nitrogens with zero attached hydrogens (tertiary/aromatic N) is 5. The third-order valence-corrected chi connectivity index (χ3v) is 19.4. The van der Waals surface area contributed by atoms with Gasteiger partial charge >= 0.3 is 85.5 Å². The Morgan fingerprint density at radius 2 is 0.939 bits per heavy atom. The van der Waals surface area contributed by atoms with Gasteiger partial charge < -0.3 is 63.4 Å². The molecular weight excluding hydrogens is 1340 g/mol. The van der Waals surface area contributed by atoms with Crippen molar-refractivity contribution >= 4 is 81.7 Å². The van der Waals surface area contributed by atoms with Crippen molar-refractivity contribution in [2.45, 2.75) is 200 Å². The number of aromatic nitrogens is 6. The van der Waals surface area contributed by atoms with Gasteiger partial charge in [-0.3, -0.25) is 14.6 Å². The van der Waals surface area contributed by atoms with Gasteiger partial charge in [0.25, 0.3) is 6.47 Å². The van der Waals surface area contributed by atoms with Crippen molar-refractivity contribution < 1.29 is 122 Å². The second-order valence-electron chi connectivity index (χ2n) is 29.5. The molecule has 4 aromatic carbocycles. The normalized spacial score (nSPS) is 19.1. The van der Waals surface area contributed by atoms with E-state index in [0.717, 1.165) is 132 Å². The van der Waals surface area contributed by atoms with Crippen LogP contribution in [-0.4, -0.2) is 119 Å². The van der Waals surface area contributed by atoms with Crippen molar-refractivity contribution in [3.05, 3.63) is 138 Å². The summed E-state index contributed by atoms with van der Waals surface area (Å²) in [7, 11) is -0.765. The first-order chi connectivity index (χ1) is 45.9. The van der Waals surface area contributed by atoms with E-state index in [1.165, 1.54) is 25.7 Å². The minimum Gasteiger partial charge on any atom is -1.00 e. The molecule has 14 rings (SSSR count). The smallest absolute Gasteiger partial charge is 1.00 e. The van der Waals surface area contributed by atoms with Crippen molar-refractivity contribution in [2.75, 3.05) is 13.1 Å². The Kier molecular flexibility index (Phi) is 24.4. The first-order valence-corrected chi connectivity index (χ1v) is 34.2. The van der Waals surface area contributed by atoms with Crippen LogP contribution in [0, 0.1) is 0 Å². The molecule has 1 saturated carbocycles. The number of rotatable bonds is 10. The predicted molar refractivity (Wildman–Crippen MR) is 375 cm³/mol. The number of H-pyrrole nitrogens is 3. The summed E-state index contributed by atoms with van der Waals surface area (Å²) in [5.74, 6) is 4.93. The van der Waals surface area contributed by atoms with Crippen LogP contribution in [0.5, 0.6) is 0 Å². The fraction of sp³-hybridized carbons (Fsp3) is 0.452. The number of benzene rings is 4. The molecule has 1 aliphatic carbocycles. The standard InChI is InChI=1S/C34H37N5O3.C26H32B2O5.C12H18BrN3O2.CH2O3.2Na.H/c1-34(2,3)42-33(40)39-16-6-9-28(39)32-36-20-27(38-32)24-14-15-29-25(17-24)18-30(41-29)22-12-10-21(11-13-22)26-19-35-31(37-26)23-7-4-5-8-23;1-23(2)24(3,4)31-27(30-23)19-11-9-17(10-12-19)22-16-18-15-20(13-14-21(18)29-22)28-32-25(5,6)26(7,8)33-28;1-12(2,3)18-11(17)16-6-4-5-8(16)10-14-7-9(13)15-10;2-1-4-3;;;/h10-15,17-20,23,28H,4-9,16H2,1-3H3,(H,35,37)(H,36,38);9-16H,1-8H3;7-8H,4-6H2,1-3H3,(H,14,15);1,3H;;;/q;;;;2*+1;-1/p-1/t;;8-;;;;/m..0..../s1. The van der Waals surface area contributed by atoms with Gasteiger partial charge in [0.05, 0.1) is 64.5 Å². The molecule has 5 fully saturated rings. The minimum absolute atomic E-state index is 0. The van der Waals surface area contributed by atoms with Crippen LogP contribution < -0.4 is 75.3 Å². The minimum atomic E-state index is -0.530. The molecule has 0 spiro atoms. The van der Waals surface area contributed by atoms with Crippen LogP contribution >= 0.6 is 15.9 Å². The summed E-state index contributed by atoms with van der Waals surface area (Å²) in [4.78, 5) is 63.4. The molecule has 4 saturated heterocycles. The average molecular weight is 1430 g/mol. The molecule has 3 N–H and O–H groups in total. The number of aromatic amines is 3. The van der Waals surface area contributed by atoms with Gasteiger partial charge in [-0.25, -0.2) is 24.5 Å². The molecule has 4 aliphatic heterocycles. The average Bonchev–Trinajstić information content (AvgIpc) is 1.63. The van der Waals surface area contributed by atoms with E-state index in [1.807, 2.05) is 102 Å². The quantitative estimate of drug-likeness (QED) is 0.0499. The molecule has 99 heavy (non-hydrogen) atoms. The fourth-order valence-electron chi connectivity index (χ4n) is 12.5. The Morgan fingerprint density at radius 3 is 1.41 bits per heavy atom. The predicted octanol–water partition coefficient (Wildman–Crippen LogP) is 9.11. The molecule has 2 amide bonds. The number of carbonyl (C=O) groups is 3. The van der Waals surface area contributed by atoms with Gasteiger partial charge in [0, 0.05) is 46.5 Å². The van der Waals surface area contributed by atoms with E-state index >= 15 is 0 Å². The summed E-state index contributed by atoms with van der Waals surface area (Å²) in [5, 5.41) is 10.5. The maximum absolute atomic E-state index is 12.8. The number of furan rings is 2. The van der Waals surface area contributed by atoms with Crippen LogP contribution in [0.15, 0.2) is 129 Å². The van der Waals surface area contributed by atoms with Crippen molar-refractivity contribution in [1.82, 2.24) is 39.7 Å². The molecule has 9 heterocycles. The number of nitrogens with one attached hydrogen (secondary N) is 3. The maximum Gasteiger partial charge on any atom is 1.00 e. The van der Waals surface area contributed by atoms with E-state index in [2.05, 4.69) is 155 Å². The fourth-order valence-corrected chi connectivity index (χ4v) is 12.8. The first kappa shape index (κ1) is 77.2. The van der Waals surface area contributed by atoms with Gasteiger partial charge in [0.15, 0.2) is 0 Å². The summed E-state index contributed by atoms with van der Waals surface area (Å²) in [6.45, 7) is 29.0. The molecular formula is C73H89B2BrN8Na2O13. The third-order valence-electron chi connectivity index (χ3n) is 19.0. The van der Waals surface area contributed by atoms with E-state index in [-0.39, 0.29) is 121 Å². The molecule has 514 valence electrons. The van der Waals surface area contributed by atoms with Gasteiger partial charge in [0.2, 0.25) is 0 Å². The number of hydrogen-bond acceptors (Lipinski definition) is 16. The zero-order chi connectivity index (χ0) is 69.4. The summed E-state index contributed by atoms with van der Waals surface area (Å²) < 4.78 is 49.0. The number of ether oxygens (including phenoxy) is 2. The summed E-state index contributed by atoms with van der Waals surface area (Å²) in [5.41, 5.74) is 7.35. The number of halogens is 1. The van der Waals surface area contributed by atoms with E-state index in [9.17, 15) is 9.59 Å². The molecule has 21 nitrogen and oxygen atoms in total. The van der Waals surface area contributed by atoms with Crippen molar-refractivity contribution in [3.8, 4) is 45.2 Å². The number of imidazole rings is 3. The molecule has 0 radical (unpaired) electrons. The van der Waals surface area contributed by atoms with E-state index < -0.39 is 18.3 Å². The summed E-state index contributed by atoms with van der Waals surface area (Å²) in [6, 6.07) is 32.9. The van der Waals surface area contributed by atoms with Gasteiger partial charge in [-0.2, -0.15) is 0 Å².